The van der Waals surface area contributed by atoms with E-state index in [9.17, 15) is 9.59 Å². The van der Waals surface area contributed by atoms with Crippen LogP contribution in [0.1, 0.15) is 36.5 Å². The molecular weight excluding hydrogens is 292 g/mol. The summed E-state index contributed by atoms with van der Waals surface area (Å²) in [7, 11) is 0. The molecule has 1 aromatic carbocycles. The Morgan fingerprint density at radius 2 is 1.95 bits per heavy atom. The lowest BCUT2D eigenvalue weighted by Crippen LogP contribution is -2.35. The number of rotatable bonds is 3. The molecule has 0 aliphatic carbocycles. The molecule has 1 saturated heterocycles. The normalized spacial score (nSPS) is 16.4. The maximum absolute atomic E-state index is 12.4. The van der Waals surface area contributed by atoms with Crippen LogP contribution in [0.25, 0.3) is 0 Å². The van der Waals surface area contributed by atoms with E-state index in [1.54, 1.807) is 17.0 Å². The first-order valence-electron chi connectivity index (χ1n) is 7.07. The number of carbonyl (C=O) groups excluding carboxylic acids is 2. The fraction of sp³-hybridized carbons (Fsp3) is 0.467. The zero-order valence-corrected chi connectivity index (χ0v) is 12.7. The molecule has 0 saturated carbocycles. The Morgan fingerprint density at radius 3 is 2.52 bits per heavy atom. The Kier molecular flexibility index (Phi) is 5.20. The van der Waals surface area contributed by atoms with Crippen molar-refractivity contribution in [1.29, 1.82) is 0 Å². The summed E-state index contributed by atoms with van der Waals surface area (Å²) >= 11 is 6.15. The number of hydrogen-bond acceptors (Lipinski definition) is 3. The van der Waals surface area contributed by atoms with E-state index in [1.807, 2.05) is 0 Å². The molecule has 0 aromatic heterocycles. The Labute approximate surface area is 128 Å². The Morgan fingerprint density at radius 1 is 1.29 bits per heavy atom. The largest absolute Gasteiger partial charge is 0.384 e. The fourth-order valence-corrected chi connectivity index (χ4v) is 2.54. The number of amides is 2. The first-order chi connectivity index (χ1) is 9.99. The van der Waals surface area contributed by atoms with Crippen molar-refractivity contribution in [3.05, 3.63) is 28.8 Å². The molecule has 5 nitrogen and oxygen atoms in total. The van der Waals surface area contributed by atoms with Crippen LogP contribution in [0, 0.1) is 0 Å². The van der Waals surface area contributed by atoms with Gasteiger partial charge in [-0.3, -0.25) is 9.59 Å². The van der Waals surface area contributed by atoms with Crippen LogP contribution in [0.4, 0.5) is 5.69 Å². The van der Waals surface area contributed by atoms with Gasteiger partial charge in [-0.05, 0) is 44.4 Å². The van der Waals surface area contributed by atoms with Gasteiger partial charge in [0.25, 0.3) is 11.8 Å². The van der Waals surface area contributed by atoms with Crippen LogP contribution in [0.5, 0.6) is 0 Å². The van der Waals surface area contributed by atoms with E-state index in [-0.39, 0.29) is 5.91 Å². The second-order valence-electron chi connectivity index (χ2n) is 5.21. The van der Waals surface area contributed by atoms with Gasteiger partial charge in [-0.25, -0.2) is 0 Å². The molecule has 6 heteroatoms. The number of nitrogens with zero attached hydrogens (tertiary/aromatic N) is 1. The lowest BCUT2D eigenvalue weighted by molar-refractivity contribution is -0.123. The maximum atomic E-state index is 12.4. The summed E-state index contributed by atoms with van der Waals surface area (Å²) in [6, 6.07) is 4.75. The highest BCUT2D eigenvalue weighted by Crippen LogP contribution is 2.24. The fourth-order valence-electron chi connectivity index (χ4n) is 2.28. The van der Waals surface area contributed by atoms with E-state index in [2.05, 4.69) is 5.32 Å². The van der Waals surface area contributed by atoms with Gasteiger partial charge in [-0.15, -0.1) is 0 Å². The highest BCUT2D eigenvalue weighted by molar-refractivity contribution is 6.34. The quantitative estimate of drug-likeness (QED) is 0.900. The van der Waals surface area contributed by atoms with Gasteiger partial charge in [0.1, 0.15) is 6.10 Å². The number of halogens is 1. The maximum Gasteiger partial charge on any atom is 0.255 e. The predicted octanol–water partition coefficient (Wildman–Crippen LogP) is 2.29. The summed E-state index contributed by atoms with van der Waals surface area (Å²) in [6.07, 6.45) is 2.10. The van der Waals surface area contributed by atoms with Crippen LogP contribution in [0.3, 0.4) is 0 Å². The number of carbonyl (C=O) groups is 2. The molecule has 2 rings (SSSR count). The number of nitrogens with one attached hydrogen (secondary N) is 1. The molecule has 1 aromatic rings. The van der Waals surface area contributed by atoms with Crippen molar-refractivity contribution in [2.45, 2.75) is 32.3 Å². The minimum absolute atomic E-state index is 0.0758. The summed E-state index contributed by atoms with van der Waals surface area (Å²) < 4.78 is 0. The van der Waals surface area contributed by atoms with E-state index < -0.39 is 12.0 Å². The van der Waals surface area contributed by atoms with E-state index in [0.29, 0.717) is 16.3 Å². The molecular formula is C15H19ClN2O3. The molecule has 0 bridgehead atoms. The van der Waals surface area contributed by atoms with Crippen molar-refractivity contribution in [3.8, 4) is 0 Å². The van der Waals surface area contributed by atoms with Crippen LogP contribution in [-0.4, -0.2) is 41.0 Å². The summed E-state index contributed by atoms with van der Waals surface area (Å²) in [5, 5.41) is 12.0. The Hall–Kier alpha value is -1.59. The average Bonchev–Trinajstić information content (AvgIpc) is 2.47. The van der Waals surface area contributed by atoms with E-state index >= 15 is 0 Å². The highest BCUT2D eigenvalue weighted by Gasteiger charge is 2.20. The van der Waals surface area contributed by atoms with Crippen LogP contribution < -0.4 is 5.32 Å². The van der Waals surface area contributed by atoms with Gasteiger partial charge >= 0.3 is 0 Å². The molecule has 1 aliphatic heterocycles. The van der Waals surface area contributed by atoms with E-state index in [1.165, 1.54) is 13.0 Å². The predicted molar refractivity (Wildman–Crippen MR) is 81.5 cm³/mol. The summed E-state index contributed by atoms with van der Waals surface area (Å²) in [6.45, 7) is 2.90. The molecule has 2 amide bonds. The third-order valence-electron chi connectivity index (χ3n) is 3.49. The smallest absolute Gasteiger partial charge is 0.255 e. The molecule has 0 radical (unpaired) electrons. The van der Waals surface area contributed by atoms with Crippen LogP contribution in [0.15, 0.2) is 18.2 Å². The number of aliphatic hydroxyl groups is 1. The topological polar surface area (TPSA) is 69.6 Å². The molecule has 114 valence electrons. The van der Waals surface area contributed by atoms with Gasteiger partial charge in [-0.1, -0.05) is 11.6 Å². The lowest BCUT2D eigenvalue weighted by atomic mass is 10.1. The first kappa shape index (κ1) is 15.8. The SMILES string of the molecule is CC(O)C(=O)Nc1ccc(C(=O)N2CCCCC2)c(Cl)c1. The molecule has 1 fully saturated rings. The summed E-state index contributed by atoms with van der Waals surface area (Å²) in [5.74, 6) is -0.589. The van der Waals surface area contributed by atoms with Crippen LogP contribution >= 0.6 is 11.6 Å². The number of piperidine rings is 1. The number of anilines is 1. The first-order valence-corrected chi connectivity index (χ1v) is 7.44. The number of hydrogen-bond donors (Lipinski definition) is 2. The van der Waals surface area contributed by atoms with Gasteiger partial charge < -0.3 is 15.3 Å². The van der Waals surface area contributed by atoms with Crippen LogP contribution in [0.2, 0.25) is 5.02 Å². The van der Waals surface area contributed by atoms with Gasteiger partial charge in [0.15, 0.2) is 0 Å². The third kappa shape index (κ3) is 3.95. The lowest BCUT2D eigenvalue weighted by Gasteiger charge is -2.27. The van der Waals surface area contributed by atoms with Crippen molar-refractivity contribution < 1.29 is 14.7 Å². The Bertz CT molecular complexity index is 540. The van der Waals surface area contributed by atoms with Crippen molar-refractivity contribution in [1.82, 2.24) is 4.90 Å². The standard InChI is InChI=1S/C15H19ClN2O3/c1-10(19)14(20)17-11-5-6-12(13(16)9-11)15(21)18-7-3-2-4-8-18/h5-6,9-10,19H,2-4,7-8H2,1H3,(H,17,20). The van der Waals surface area contributed by atoms with Gasteiger partial charge in [0.2, 0.25) is 0 Å². The second-order valence-corrected chi connectivity index (χ2v) is 5.62. The zero-order chi connectivity index (χ0) is 15.4. The molecule has 0 spiro atoms. The number of likely N-dealkylation sites (tertiary alicyclic amines) is 1. The molecule has 1 aliphatic rings. The third-order valence-corrected chi connectivity index (χ3v) is 3.80. The van der Waals surface area contributed by atoms with Gasteiger partial charge in [0.05, 0.1) is 10.6 Å². The zero-order valence-electron chi connectivity index (χ0n) is 11.9. The minimum Gasteiger partial charge on any atom is -0.384 e. The average molecular weight is 311 g/mol. The van der Waals surface area contributed by atoms with Crippen LogP contribution in [-0.2, 0) is 4.79 Å². The number of benzene rings is 1. The summed E-state index contributed by atoms with van der Waals surface area (Å²) in [4.78, 5) is 25.6. The van der Waals surface area contributed by atoms with Crippen molar-refractivity contribution >= 4 is 29.1 Å². The minimum atomic E-state index is -1.10. The second kappa shape index (κ2) is 6.91. The van der Waals surface area contributed by atoms with E-state index in [4.69, 9.17) is 16.7 Å². The van der Waals surface area contributed by atoms with Gasteiger partial charge in [0, 0.05) is 18.8 Å². The molecule has 21 heavy (non-hydrogen) atoms. The number of aliphatic hydroxyl groups excluding tert-OH is 1. The van der Waals surface area contributed by atoms with Crippen molar-refractivity contribution in [2.75, 3.05) is 18.4 Å². The van der Waals surface area contributed by atoms with Crippen molar-refractivity contribution in [2.24, 2.45) is 0 Å². The highest BCUT2D eigenvalue weighted by atomic mass is 35.5. The summed E-state index contributed by atoms with van der Waals surface area (Å²) in [5.41, 5.74) is 0.898. The molecule has 1 atom stereocenters. The molecule has 1 heterocycles. The van der Waals surface area contributed by atoms with Crippen molar-refractivity contribution in [3.63, 3.8) is 0 Å². The Balaban J connectivity index is 2.11. The molecule has 2 N–H and O–H groups in total. The monoisotopic (exact) mass is 310 g/mol. The van der Waals surface area contributed by atoms with Gasteiger partial charge in [-0.2, -0.15) is 0 Å². The molecule has 1 unspecified atom stereocenters. The van der Waals surface area contributed by atoms with E-state index in [0.717, 1.165) is 32.4 Å².